The molecule has 1 heterocycles. The normalized spacial score (nSPS) is 13.3. The zero-order chi connectivity index (χ0) is 16.2. The highest BCUT2D eigenvalue weighted by molar-refractivity contribution is 9.10. The third-order valence-electron chi connectivity index (χ3n) is 3.68. The molecule has 4 nitrogen and oxygen atoms in total. The van der Waals surface area contributed by atoms with Crippen LogP contribution in [-0.4, -0.2) is 18.5 Å². The van der Waals surface area contributed by atoms with Gasteiger partial charge in [0.15, 0.2) is 6.61 Å². The summed E-state index contributed by atoms with van der Waals surface area (Å²) >= 11 is 4.84. The molecule has 23 heavy (non-hydrogen) atoms. The molecule has 0 bridgehead atoms. The number of halogens is 1. The SMILES string of the molecule is O=C(COC(=O)c1cc2c(s1)CCCC2)Nc1ccccc1Br. The second kappa shape index (κ2) is 7.27. The van der Waals surface area contributed by atoms with Gasteiger partial charge in [0.1, 0.15) is 4.88 Å². The summed E-state index contributed by atoms with van der Waals surface area (Å²) in [7, 11) is 0. The van der Waals surface area contributed by atoms with Gasteiger partial charge in [0.05, 0.1) is 5.69 Å². The van der Waals surface area contributed by atoms with Gasteiger partial charge >= 0.3 is 5.97 Å². The van der Waals surface area contributed by atoms with Crippen molar-refractivity contribution in [3.8, 4) is 0 Å². The van der Waals surface area contributed by atoms with E-state index >= 15 is 0 Å². The van der Waals surface area contributed by atoms with Crippen LogP contribution in [0.2, 0.25) is 0 Å². The van der Waals surface area contributed by atoms with Crippen LogP contribution in [0.15, 0.2) is 34.8 Å². The minimum atomic E-state index is -0.424. The Morgan fingerprint density at radius 1 is 1.22 bits per heavy atom. The fraction of sp³-hybridized carbons (Fsp3) is 0.294. The van der Waals surface area contributed by atoms with Gasteiger partial charge in [-0.3, -0.25) is 4.79 Å². The number of aryl methyl sites for hydroxylation is 2. The van der Waals surface area contributed by atoms with E-state index < -0.39 is 5.97 Å². The van der Waals surface area contributed by atoms with Crippen LogP contribution in [-0.2, 0) is 22.4 Å². The number of nitrogens with one attached hydrogen (secondary N) is 1. The Kier molecular flexibility index (Phi) is 5.13. The number of ether oxygens (including phenoxy) is 1. The van der Waals surface area contributed by atoms with Gasteiger partial charge in [-0.15, -0.1) is 11.3 Å². The van der Waals surface area contributed by atoms with Crippen LogP contribution in [0.5, 0.6) is 0 Å². The van der Waals surface area contributed by atoms with Crippen LogP contribution in [0.1, 0.15) is 33.0 Å². The van der Waals surface area contributed by atoms with E-state index in [9.17, 15) is 9.59 Å². The molecule has 0 radical (unpaired) electrons. The van der Waals surface area contributed by atoms with E-state index in [1.54, 1.807) is 6.07 Å². The van der Waals surface area contributed by atoms with Gasteiger partial charge in [0.25, 0.3) is 5.91 Å². The predicted molar refractivity (Wildman–Crippen MR) is 94.0 cm³/mol. The molecule has 1 aromatic heterocycles. The molecule has 1 aliphatic rings. The Morgan fingerprint density at radius 3 is 2.78 bits per heavy atom. The molecule has 1 N–H and O–H groups in total. The van der Waals surface area contributed by atoms with Gasteiger partial charge in [-0.2, -0.15) is 0 Å². The summed E-state index contributed by atoms with van der Waals surface area (Å²) in [5, 5.41) is 2.71. The van der Waals surface area contributed by atoms with Gasteiger partial charge in [-0.05, 0) is 65.4 Å². The fourth-order valence-corrected chi connectivity index (χ4v) is 4.07. The van der Waals surface area contributed by atoms with E-state index in [1.165, 1.54) is 34.6 Å². The number of hydrogen-bond acceptors (Lipinski definition) is 4. The summed E-state index contributed by atoms with van der Waals surface area (Å²) in [4.78, 5) is 25.8. The third-order valence-corrected chi connectivity index (χ3v) is 5.59. The molecule has 3 rings (SSSR count). The zero-order valence-electron chi connectivity index (χ0n) is 12.4. The highest BCUT2D eigenvalue weighted by Crippen LogP contribution is 2.30. The van der Waals surface area contributed by atoms with Gasteiger partial charge in [-0.1, -0.05) is 12.1 Å². The number of amides is 1. The van der Waals surface area contributed by atoms with E-state index in [1.807, 2.05) is 24.3 Å². The number of esters is 1. The summed E-state index contributed by atoms with van der Waals surface area (Å²) < 4.78 is 5.91. The number of carbonyl (C=O) groups excluding carboxylic acids is 2. The lowest BCUT2D eigenvalue weighted by Crippen LogP contribution is -2.20. The minimum absolute atomic E-state index is 0.289. The number of fused-ring (bicyclic) bond motifs is 1. The van der Waals surface area contributed by atoms with Crippen molar-refractivity contribution in [2.75, 3.05) is 11.9 Å². The van der Waals surface area contributed by atoms with Gasteiger partial charge in [0, 0.05) is 9.35 Å². The lowest BCUT2D eigenvalue weighted by Gasteiger charge is -2.08. The quantitative estimate of drug-likeness (QED) is 0.792. The molecular weight excluding hydrogens is 378 g/mol. The number of carbonyl (C=O) groups is 2. The Balaban J connectivity index is 1.55. The smallest absolute Gasteiger partial charge is 0.348 e. The molecule has 1 amide bonds. The average molecular weight is 394 g/mol. The maximum Gasteiger partial charge on any atom is 0.348 e. The highest BCUT2D eigenvalue weighted by atomic mass is 79.9. The van der Waals surface area contributed by atoms with Crippen LogP contribution >= 0.6 is 27.3 Å². The molecule has 1 aromatic carbocycles. The molecule has 120 valence electrons. The van der Waals surface area contributed by atoms with Crippen LogP contribution in [0.4, 0.5) is 5.69 Å². The first-order valence-corrected chi connectivity index (χ1v) is 9.07. The molecule has 6 heteroatoms. The molecule has 0 atom stereocenters. The van der Waals surface area contributed by atoms with Crippen molar-refractivity contribution in [3.63, 3.8) is 0 Å². The standard InChI is InChI=1S/C17H16BrNO3S/c18-12-6-2-3-7-13(12)19-16(20)10-22-17(21)15-9-11-5-1-4-8-14(11)23-15/h2-3,6-7,9H,1,4-5,8,10H2,(H,19,20). The lowest BCUT2D eigenvalue weighted by molar-refractivity contribution is -0.119. The first kappa shape index (κ1) is 16.2. The van der Waals surface area contributed by atoms with E-state index in [2.05, 4.69) is 21.2 Å². The molecule has 0 aliphatic heterocycles. The summed E-state index contributed by atoms with van der Waals surface area (Å²) in [5.74, 6) is -0.779. The molecule has 0 saturated carbocycles. The van der Waals surface area contributed by atoms with Gasteiger partial charge < -0.3 is 10.1 Å². The third kappa shape index (κ3) is 4.00. The monoisotopic (exact) mass is 393 g/mol. The van der Waals surface area contributed by atoms with Crippen molar-refractivity contribution in [3.05, 3.63) is 50.1 Å². The summed E-state index contributed by atoms with van der Waals surface area (Å²) in [6.07, 6.45) is 4.42. The van der Waals surface area contributed by atoms with Crippen LogP contribution in [0.25, 0.3) is 0 Å². The van der Waals surface area contributed by atoms with Crippen LogP contribution < -0.4 is 5.32 Å². The molecular formula is C17H16BrNO3S. The Hall–Kier alpha value is -1.66. The minimum Gasteiger partial charge on any atom is -0.451 e. The highest BCUT2D eigenvalue weighted by Gasteiger charge is 2.19. The van der Waals surface area contributed by atoms with Crippen molar-refractivity contribution in [1.29, 1.82) is 0 Å². The van der Waals surface area contributed by atoms with Crippen molar-refractivity contribution in [2.45, 2.75) is 25.7 Å². The van der Waals surface area contributed by atoms with Gasteiger partial charge in [-0.25, -0.2) is 4.79 Å². The van der Waals surface area contributed by atoms with Crippen LogP contribution in [0.3, 0.4) is 0 Å². The Bertz CT molecular complexity index is 718. The molecule has 0 unspecified atom stereocenters. The van der Waals surface area contributed by atoms with E-state index in [0.717, 1.165) is 17.3 Å². The van der Waals surface area contributed by atoms with E-state index in [-0.39, 0.29) is 12.5 Å². The number of thiophene rings is 1. The van der Waals surface area contributed by atoms with E-state index in [0.29, 0.717) is 10.6 Å². The topological polar surface area (TPSA) is 55.4 Å². The number of anilines is 1. The molecule has 0 saturated heterocycles. The number of para-hydroxylation sites is 1. The predicted octanol–water partition coefficient (Wildman–Crippen LogP) is 4.18. The zero-order valence-corrected chi connectivity index (χ0v) is 14.8. The first-order chi connectivity index (χ1) is 11.1. The van der Waals surface area contributed by atoms with Crippen molar-refractivity contribution >= 4 is 44.8 Å². The summed E-state index contributed by atoms with van der Waals surface area (Å²) in [5.41, 5.74) is 1.91. The van der Waals surface area contributed by atoms with Gasteiger partial charge in [0.2, 0.25) is 0 Å². The van der Waals surface area contributed by atoms with Crippen molar-refractivity contribution < 1.29 is 14.3 Å². The summed E-state index contributed by atoms with van der Waals surface area (Å²) in [6, 6.07) is 9.20. The largest absolute Gasteiger partial charge is 0.451 e. The molecule has 2 aromatic rings. The average Bonchev–Trinajstić information content (AvgIpc) is 2.99. The molecule has 1 aliphatic carbocycles. The molecule has 0 fully saturated rings. The second-order valence-electron chi connectivity index (χ2n) is 5.37. The second-order valence-corrected chi connectivity index (χ2v) is 7.36. The maximum atomic E-state index is 12.1. The van der Waals surface area contributed by atoms with Crippen LogP contribution in [0, 0.1) is 0 Å². The Morgan fingerprint density at radius 2 is 2.00 bits per heavy atom. The fourth-order valence-electron chi connectivity index (χ4n) is 2.54. The maximum absolute atomic E-state index is 12.1. The van der Waals surface area contributed by atoms with E-state index in [4.69, 9.17) is 4.74 Å². The number of rotatable bonds is 4. The Labute approximate surface area is 147 Å². The lowest BCUT2D eigenvalue weighted by atomic mass is 9.99. The number of hydrogen-bond donors (Lipinski definition) is 1. The molecule has 0 spiro atoms. The number of benzene rings is 1. The van der Waals surface area contributed by atoms with Crippen molar-refractivity contribution in [1.82, 2.24) is 0 Å². The summed E-state index contributed by atoms with van der Waals surface area (Å²) in [6.45, 7) is -0.289. The first-order valence-electron chi connectivity index (χ1n) is 7.46. The van der Waals surface area contributed by atoms with Crippen molar-refractivity contribution in [2.24, 2.45) is 0 Å².